The Kier molecular flexibility index (Phi) is 5.97. The molecule has 1 aliphatic heterocycles. The molecule has 0 spiro atoms. The van der Waals surface area contributed by atoms with Crippen LogP contribution in [0.2, 0.25) is 10.0 Å². The van der Waals surface area contributed by atoms with Gasteiger partial charge in [-0.1, -0.05) is 35.3 Å². The van der Waals surface area contributed by atoms with Gasteiger partial charge >= 0.3 is 0 Å². The van der Waals surface area contributed by atoms with Crippen LogP contribution in [0, 0.1) is 19.7 Å². The van der Waals surface area contributed by atoms with Crippen molar-refractivity contribution in [1.82, 2.24) is 9.47 Å². The van der Waals surface area contributed by atoms with Crippen LogP contribution in [0.5, 0.6) is 0 Å². The number of aryl methyl sites for hydroxylation is 1. The second-order valence-electron chi connectivity index (χ2n) is 7.18. The first-order valence-electron chi connectivity index (χ1n) is 9.38. The number of nitrogens with zero attached hydrogens (tertiary/aromatic N) is 2. The molecule has 2 amide bonds. The topological polar surface area (TPSA) is 42.3 Å². The van der Waals surface area contributed by atoms with E-state index in [2.05, 4.69) is 0 Å². The lowest BCUT2D eigenvalue weighted by Crippen LogP contribution is -2.27. The van der Waals surface area contributed by atoms with E-state index in [0.29, 0.717) is 20.5 Å². The van der Waals surface area contributed by atoms with E-state index in [4.69, 9.17) is 23.2 Å². The Balaban J connectivity index is 1.64. The van der Waals surface area contributed by atoms with E-state index >= 15 is 0 Å². The van der Waals surface area contributed by atoms with Crippen molar-refractivity contribution >= 4 is 52.2 Å². The molecule has 2 aromatic carbocycles. The quantitative estimate of drug-likeness (QED) is 0.391. The lowest BCUT2D eigenvalue weighted by Gasteiger charge is -2.12. The van der Waals surface area contributed by atoms with Gasteiger partial charge in [-0.15, -0.1) is 0 Å². The molecule has 0 atom stereocenters. The van der Waals surface area contributed by atoms with Crippen LogP contribution in [-0.2, 0) is 11.3 Å². The Labute approximate surface area is 193 Å². The first-order valence-corrected chi connectivity index (χ1v) is 11.0. The van der Waals surface area contributed by atoms with Crippen LogP contribution in [0.15, 0.2) is 53.4 Å². The molecule has 0 N–H and O–H groups in total. The largest absolute Gasteiger partial charge is 0.318 e. The second-order valence-corrected chi connectivity index (χ2v) is 9.05. The highest BCUT2D eigenvalue weighted by Crippen LogP contribution is 2.35. The molecule has 1 fully saturated rings. The smallest absolute Gasteiger partial charge is 0.293 e. The third-order valence-corrected chi connectivity index (χ3v) is 6.33. The maximum absolute atomic E-state index is 13.1. The van der Waals surface area contributed by atoms with Gasteiger partial charge in [0.25, 0.3) is 11.1 Å². The van der Waals surface area contributed by atoms with Gasteiger partial charge in [-0.2, -0.15) is 0 Å². The van der Waals surface area contributed by atoms with Crippen molar-refractivity contribution in [2.75, 3.05) is 0 Å². The molecule has 158 valence electrons. The van der Waals surface area contributed by atoms with Crippen molar-refractivity contribution in [1.29, 1.82) is 0 Å². The molecule has 0 bridgehead atoms. The standard InChI is InChI=1S/C23H17Cl2FN2O2S/c1-13-7-16(14(2)28(13)20-10-17(24)9-18(25)11-20)8-21-22(29)27(23(30)31-21)12-15-3-5-19(26)6-4-15/h3-11H,12H2,1-2H3/b21-8-. The van der Waals surface area contributed by atoms with Crippen LogP contribution in [0.3, 0.4) is 0 Å². The SMILES string of the molecule is Cc1cc(/C=C2\SC(=O)N(Cc3ccc(F)cc3)C2=O)c(C)n1-c1cc(Cl)cc(Cl)c1. The van der Waals surface area contributed by atoms with E-state index in [-0.39, 0.29) is 23.5 Å². The average Bonchev–Trinajstić information content (AvgIpc) is 3.12. The predicted octanol–water partition coefficient (Wildman–Crippen LogP) is 6.78. The van der Waals surface area contributed by atoms with Gasteiger partial charge in [-0.05, 0) is 79.2 Å². The Morgan fingerprint density at radius 1 is 1.00 bits per heavy atom. The number of carbonyl (C=O) groups excluding carboxylic acids is 2. The van der Waals surface area contributed by atoms with Gasteiger partial charge in [0.2, 0.25) is 0 Å². The summed E-state index contributed by atoms with van der Waals surface area (Å²) < 4.78 is 15.1. The highest BCUT2D eigenvalue weighted by atomic mass is 35.5. The van der Waals surface area contributed by atoms with E-state index in [1.807, 2.05) is 36.6 Å². The fourth-order valence-electron chi connectivity index (χ4n) is 3.55. The monoisotopic (exact) mass is 474 g/mol. The second kappa shape index (κ2) is 8.54. The molecule has 2 heterocycles. The van der Waals surface area contributed by atoms with Crippen LogP contribution < -0.4 is 0 Å². The third-order valence-electron chi connectivity index (χ3n) is 4.99. The molecule has 0 saturated carbocycles. The zero-order valence-corrected chi connectivity index (χ0v) is 19.0. The maximum atomic E-state index is 13.1. The normalized spacial score (nSPS) is 15.4. The lowest BCUT2D eigenvalue weighted by molar-refractivity contribution is -0.123. The van der Waals surface area contributed by atoms with Crippen molar-refractivity contribution in [3.63, 3.8) is 0 Å². The van der Waals surface area contributed by atoms with Gasteiger partial charge in [-0.3, -0.25) is 14.5 Å². The summed E-state index contributed by atoms with van der Waals surface area (Å²) in [7, 11) is 0. The number of rotatable bonds is 4. The number of thioether (sulfide) groups is 1. The number of carbonyl (C=O) groups is 2. The number of benzene rings is 2. The van der Waals surface area contributed by atoms with Crippen LogP contribution in [0.1, 0.15) is 22.5 Å². The van der Waals surface area contributed by atoms with Gasteiger partial charge < -0.3 is 4.57 Å². The molecule has 1 aliphatic rings. The molecule has 0 aliphatic carbocycles. The van der Waals surface area contributed by atoms with Gasteiger partial charge in [0.1, 0.15) is 5.82 Å². The zero-order valence-electron chi connectivity index (χ0n) is 16.7. The summed E-state index contributed by atoms with van der Waals surface area (Å²) in [5, 5.41) is 0.702. The molecule has 0 unspecified atom stereocenters. The fourth-order valence-corrected chi connectivity index (χ4v) is 4.89. The number of imide groups is 1. The van der Waals surface area contributed by atoms with Crippen LogP contribution in [0.25, 0.3) is 11.8 Å². The zero-order chi connectivity index (χ0) is 22.3. The summed E-state index contributed by atoms with van der Waals surface area (Å²) in [6, 6.07) is 13.0. The number of halogens is 3. The molecule has 8 heteroatoms. The maximum Gasteiger partial charge on any atom is 0.293 e. The Morgan fingerprint density at radius 2 is 1.65 bits per heavy atom. The van der Waals surface area contributed by atoms with E-state index in [1.165, 1.54) is 17.0 Å². The molecule has 1 aromatic heterocycles. The summed E-state index contributed by atoms with van der Waals surface area (Å²) in [4.78, 5) is 26.8. The summed E-state index contributed by atoms with van der Waals surface area (Å²) in [5.41, 5.74) is 4.15. The van der Waals surface area contributed by atoms with E-state index < -0.39 is 0 Å². The fraction of sp³-hybridized carbons (Fsp3) is 0.130. The summed E-state index contributed by atoms with van der Waals surface area (Å²) in [5.74, 6) is -0.732. The number of hydrogen-bond acceptors (Lipinski definition) is 3. The Bertz CT molecular complexity index is 1210. The van der Waals surface area contributed by atoms with E-state index in [9.17, 15) is 14.0 Å². The molecule has 4 rings (SSSR count). The highest BCUT2D eigenvalue weighted by molar-refractivity contribution is 8.18. The van der Waals surface area contributed by atoms with Crippen LogP contribution in [0.4, 0.5) is 9.18 Å². The molecule has 1 saturated heterocycles. The minimum Gasteiger partial charge on any atom is -0.318 e. The summed E-state index contributed by atoms with van der Waals surface area (Å²) in [6.07, 6.45) is 1.72. The summed E-state index contributed by atoms with van der Waals surface area (Å²) in [6.45, 7) is 3.97. The summed E-state index contributed by atoms with van der Waals surface area (Å²) >= 11 is 13.2. The Hall–Kier alpha value is -2.54. The third kappa shape index (κ3) is 4.42. The molecule has 3 aromatic rings. The number of hydrogen-bond donors (Lipinski definition) is 0. The van der Waals surface area contributed by atoms with Crippen molar-refractivity contribution in [2.24, 2.45) is 0 Å². The first kappa shape index (κ1) is 21.7. The molecular weight excluding hydrogens is 458 g/mol. The van der Waals surface area contributed by atoms with Crippen molar-refractivity contribution in [3.8, 4) is 5.69 Å². The minimum atomic E-state index is -0.367. The molecular formula is C23H17Cl2FN2O2S. The average molecular weight is 475 g/mol. The van der Waals surface area contributed by atoms with Crippen LogP contribution in [-0.4, -0.2) is 20.6 Å². The van der Waals surface area contributed by atoms with Crippen molar-refractivity contribution < 1.29 is 14.0 Å². The van der Waals surface area contributed by atoms with Crippen LogP contribution >= 0.6 is 35.0 Å². The highest BCUT2D eigenvalue weighted by Gasteiger charge is 2.35. The van der Waals surface area contributed by atoms with Gasteiger partial charge in [-0.25, -0.2) is 4.39 Å². The van der Waals surface area contributed by atoms with E-state index in [0.717, 1.165) is 34.4 Å². The van der Waals surface area contributed by atoms with Gasteiger partial charge in [0, 0.05) is 27.1 Å². The van der Waals surface area contributed by atoms with Gasteiger partial charge in [0.15, 0.2) is 0 Å². The van der Waals surface area contributed by atoms with Gasteiger partial charge in [0.05, 0.1) is 11.4 Å². The Morgan fingerprint density at radius 3 is 2.29 bits per heavy atom. The molecule has 4 nitrogen and oxygen atoms in total. The molecule has 0 radical (unpaired) electrons. The predicted molar refractivity (Wildman–Crippen MR) is 123 cm³/mol. The number of amides is 2. The molecule has 31 heavy (non-hydrogen) atoms. The van der Waals surface area contributed by atoms with E-state index in [1.54, 1.807) is 24.3 Å². The number of aromatic nitrogens is 1. The minimum absolute atomic E-state index is 0.0995. The van der Waals surface area contributed by atoms with Crippen molar-refractivity contribution in [3.05, 3.63) is 91.8 Å². The van der Waals surface area contributed by atoms with Crippen molar-refractivity contribution in [2.45, 2.75) is 20.4 Å². The lowest BCUT2D eigenvalue weighted by atomic mass is 10.2. The first-order chi connectivity index (χ1) is 14.7.